The van der Waals surface area contributed by atoms with Crippen molar-refractivity contribution in [1.82, 2.24) is 0 Å². The number of phenolic OH excluding ortho intramolecular Hbond substituents is 1. The molecule has 0 aliphatic heterocycles. The molecule has 0 bridgehead atoms. The summed E-state index contributed by atoms with van der Waals surface area (Å²) in [4.78, 5) is 0. The van der Waals surface area contributed by atoms with Gasteiger partial charge in [-0.05, 0) is 36.2 Å². The summed E-state index contributed by atoms with van der Waals surface area (Å²) < 4.78 is 13.5. The van der Waals surface area contributed by atoms with Crippen LogP contribution in [0.25, 0.3) is 0 Å². The lowest BCUT2D eigenvalue weighted by molar-refractivity contribution is 0.475. The minimum absolute atomic E-state index is 0.232. The van der Waals surface area contributed by atoms with Gasteiger partial charge < -0.3 is 10.4 Å². The quantitative estimate of drug-likeness (QED) is 0.848. The number of nitrogens with one attached hydrogen (secondary N) is 1. The highest BCUT2D eigenvalue weighted by atomic mass is 19.1. The Morgan fingerprint density at radius 2 is 1.82 bits per heavy atom. The largest absolute Gasteiger partial charge is 0.508 e. The maximum Gasteiger partial charge on any atom is 0.146 e. The Kier molecular flexibility index (Phi) is 3.28. The highest BCUT2D eigenvalue weighted by Gasteiger charge is 2.04. The fourth-order valence-corrected chi connectivity index (χ4v) is 1.66. The number of halogens is 1. The summed E-state index contributed by atoms with van der Waals surface area (Å²) >= 11 is 0. The highest BCUT2D eigenvalue weighted by molar-refractivity contribution is 5.52. The fourth-order valence-electron chi connectivity index (χ4n) is 1.66. The van der Waals surface area contributed by atoms with Gasteiger partial charge in [-0.1, -0.05) is 24.3 Å². The monoisotopic (exact) mass is 231 g/mol. The minimum Gasteiger partial charge on any atom is -0.508 e. The lowest BCUT2D eigenvalue weighted by atomic mass is 10.1. The van der Waals surface area contributed by atoms with Gasteiger partial charge in [0.15, 0.2) is 0 Å². The molecule has 2 aromatic carbocycles. The van der Waals surface area contributed by atoms with Gasteiger partial charge in [0, 0.05) is 6.54 Å². The van der Waals surface area contributed by atoms with Gasteiger partial charge in [-0.3, -0.25) is 0 Å². The smallest absolute Gasteiger partial charge is 0.146 e. The van der Waals surface area contributed by atoms with Crippen LogP contribution >= 0.6 is 0 Å². The van der Waals surface area contributed by atoms with Gasteiger partial charge in [0.25, 0.3) is 0 Å². The summed E-state index contributed by atoms with van der Waals surface area (Å²) in [7, 11) is 0. The molecular formula is C14H14FNO. The van der Waals surface area contributed by atoms with Crippen molar-refractivity contribution in [1.29, 1.82) is 0 Å². The molecule has 2 nitrogen and oxygen atoms in total. The zero-order valence-corrected chi connectivity index (χ0v) is 9.57. The molecule has 17 heavy (non-hydrogen) atoms. The van der Waals surface area contributed by atoms with Crippen LogP contribution in [0.5, 0.6) is 5.75 Å². The van der Waals surface area contributed by atoms with E-state index in [-0.39, 0.29) is 11.6 Å². The molecule has 3 heteroatoms. The van der Waals surface area contributed by atoms with Crippen LogP contribution in [-0.4, -0.2) is 5.11 Å². The van der Waals surface area contributed by atoms with Crippen LogP contribution in [-0.2, 0) is 6.54 Å². The van der Waals surface area contributed by atoms with Crippen LogP contribution in [0, 0.1) is 12.7 Å². The van der Waals surface area contributed by atoms with Gasteiger partial charge in [-0.25, -0.2) is 4.39 Å². The SMILES string of the molecule is Cc1cccc(F)c1NCc1ccc(O)cc1. The minimum atomic E-state index is -0.247. The Morgan fingerprint density at radius 1 is 1.12 bits per heavy atom. The molecular weight excluding hydrogens is 217 g/mol. The number of rotatable bonds is 3. The maximum absolute atomic E-state index is 13.5. The van der Waals surface area contributed by atoms with E-state index in [9.17, 15) is 4.39 Å². The molecule has 0 amide bonds. The molecule has 88 valence electrons. The summed E-state index contributed by atoms with van der Waals surface area (Å²) in [5.74, 6) is -0.0143. The van der Waals surface area contributed by atoms with Crippen molar-refractivity contribution in [3.63, 3.8) is 0 Å². The summed E-state index contributed by atoms with van der Waals surface area (Å²) in [5, 5.41) is 12.2. The van der Waals surface area contributed by atoms with Crippen LogP contribution in [0.15, 0.2) is 42.5 Å². The van der Waals surface area contributed by atoms with E-state index in [1.165, 1.54) is 6.07 Å². The van der Waals surface area contributed by atoms with Crippen molar-refractivity contribution >= 4 is 5.69 Å². The molecule has 0 aliphatic rings. The van der Waals surface area contributed by atoms with E-state index in [2.05, 4.69) is 5.32 Å². The van der Waals surface area contributed by atoms with Crippen LogP contribution < -0.4 is 5.32 Å². The number of aryl methyl sites for hydroxylation is 1. The normalized spacial score (nSPS) is 10.2. The Balaban J connectivity index is 2.10. The van der Waals surface area contributed by atoms with E-state index in [4.69, 9.17) is 5.11 Å². The molecule has 0 unspecified atom stereocenters. The Hall–Kier alpha value is -2.03. The molecule has 0 saturated heterocycles. The van der Waals surface area contributed by atoms with Crippen LogP contribution in [0.3, 0.4) is 0 Å². The first kappa shape index (κ1) is 11.5. The molecule has 0 spiro atoms. The zero-order valence-electron chi connectivity index (χ0n) is 9.57. The molecule has 2 aromatic rings. The number of aromatic hydroxyl groups is 1. The molecule has 0 saturated carbocycles. The van der Waals surface area contributed by atoms with Gasteiger partial charge in [-0.15, -0.1) is 0 Å². The third-order valence-corrected chi connectivity index (χ3v) is 2.63. The van der Waals surface area contributed by atoms with Crippen molar-refractivity contribution in [3.8, 4) is 5.75 Å². The number of anilines is 1. The van der Waals surface area contributed by atoms with E-state index in [0.29, 0.717) is 12.2 Å². The molecule has 0 atom stereocenters. The molecule has 0 radical (unpaired) electrons. The van der Waals surface area contributed by atoms with Crippen molar-refractivity contribution < 1.29 is 9.50 Å². The average molecular weight is 231 g/mol. The Bertz CT molecular complexity index is 488. The molecule has 2 rings (SSSR count). The standard InChI is InChI=1S/C14H14FNO/c1-10-3-2-4-13(15)14(10)16-9-11-5-7-12(17)8-6-11/h2-8,16-17H,9H2,1H3. The number of hydrogen-bond donors (Lipinski definition) is 2. The van der Waals surface area contributed by atoms with Gasteiger partial charge in [0.05, 0.1) is 5.69 Å². The molecule has 2 N–H and O–H groups in total. The van der Waals surface area contributed by atoms with Gasteiger partial charge in [-0.2, -0.15) is 0 Å². The fraction of sp³-hybridized carbons (Fsp3) is 0.143. The second kappa shape index (κ2) is 4.87. The lowest BCUT2D eigenvalue weighted by Crippen LogP contribution is -2.02. The first-order valence-electron chi connectivity index (χ1n) is 5.44. The predicted octanol–water partition coefficient (Wildman–Crippen LogP) is 3.45. The van der Waals surface area contributed by atoms with E-state index >= 15 is 0 Å². The molecule has 0 aliphatic carbocycles. The zero-order chi connectivity index (χ0) is 12.3. The summed E-state index contributed by atoms with van der Waals surface area (Å²) in [6.45, 7) is 2.39. The number of para-hydroxylation sites is 1. The number of benzene rings is 2. The highest BCUT2D eigenvalue weighted by Crippen LogP contribution is 2.20. The van der Waals surface area contributed by atoms with E-state index in [1.54, 1.807) is 30.3 Å². The Labute approximate surface area is 99.7 Å². The van der Waals surface area contributed by atoms with Crippen LogP contribution in [0.1, 0.15) is 11.1 Å². The Morgan fingerprint density at radius 3 is 2.47 bits per heavy atom. The molecule has 0 fully saturated rings. The van der Waals surface area contributed by atoms with Gasteiger partial charge in [0.1, 0.15) is 11.6 Å². The predicted molar refractivity (Wildman–Crippen MR) is 66.6 cm³/mol. The topological polar surface area (TPSA) is 32.3 Å². The van der Waals surface area contributed by atoms with E-state index in [1.807, 2.05) is 13.0 Å². The van der Waals surface area contributed by atoms with Crippen molar-refractivity contribution in [2.24, 2.45) is 0 Å². The van der Waals surface area contributed by atoms with Crippen LogP contribution in [0.4, 0.5) is 10.1 Å². The second-order valence-corrected chi connectivity index (χ2v) is 3.95. The number of hydrogen-bond acceptors (Lipinski definition) is 2. The third-order valence-electron chi connectivity index (χ3n) is 2.63. The lowest BCUT2D eigenvalue weighted by Gasteiger charge is -2.10. The van der Waals surface area contributed by atoms with Crippen molar-refractivity contribution in [3.05, 3.63) is 59.4 Å². The first-order chi connectivity index (χ1) is 8.16. The second-order valence-electron chi connectivity index (χ2n) is 3.95. The summed E-state index contributed by atoms with van der Waals surface area (Å²) in [6, 6.07) is 11.8. The third kappa shape index (κ3) is 2.75. The van der Waals surface area contributed by atoms with Gasteiger partial charge >= 0.3 is 0 Å². The summed E-state index contributed by atoms with van der Waals surface area (Å²) in [5.41, 5.74) is 2.40. The van der Waals surface area contributed by atoms with E-state index < -0.39 is 0 Å². The maximum atomic E-state index is 13.5. The molecule has 0 heterocycles. The van der Waals surface area contributed by atoms with Crippen molar-refractivity contribution in [2.45, 2.75) is 13.5 Å². The first-order valence-corrected chi connectivity index (χ1v) is 5.44. The molecule has 0 aromatic heterocycles. The van der Waals surface area contributed by atoms with E-state index in [0.717, 1.165) is 11.1 Å². The summed E-state index contributed by atoms with van der Waals surface area (Å²) in [6.07, 6.45) is 0. The van der Waals surface area contributed by atoms with Crippen molar-refractivity contribution in [2.75, 3.05) is 5.32 Å². The number of phenols is 1. The average Bonchev–Trinajstić information content (AvgIpc) is 2.31. The van der Waals surface area contributed by atoms with Gasteiger partial charge in [0.2, 0.25) is 0 Å². The van der Waals surface area contributed by atoms with Crippen LogP contribution in [0.2, 0.25) is 0 Å².